The van der Waals surface area contributed by atoms with Gasteiger partial charge in [-0.3, -0.25) is 0 Å². The summed E-state index contributed by atoms with van der Waals surface area (Å²) in [7, 11) is 0. The number of halogens is 2. The Morgan fingerprint density at radius 2 is 2.23 bits per heavy atom. The molecule has 0 saturated carbocycles. The molecule has 0 fully saturated rings. The second-order valence-corrected chi connectivity index (χ2v) is 3.60. The molecule has 0 heterocycles. The highest BCUT2D eigenvalue weighted by atomic mass is 79.9. The van der Waals surface area contributed by atoms with E-state index in [0.29, 0.717) is 15.9 Å². The minimum atomic E-state index is -0.948. The molecule has 0 atom stereocenters. The maximum Gasteiger partial charge on any atom is 0.336 e. The number of aromatic carboxylic acids is 1. The highest BCUT2D eigenvalue weighted by molar-refractivity contribution is 9.08. The van der Waals surface area contributed by atoms with Crippen LogP contribution in [0.2, 0.25) is 5.02 Å². The minimum Gasteiger partial charge on any atom is -0.478 e. The molecule has 0 amide bonds. The van der Waals surface area contributed by atoms with Gasteiger partial charge in [0.1, 0.15) is 0 Å². The second kappa shape index (κ2) is 4.11. The third-order valence-electron chi connectivity index (χ3n) is 1.80. The van der Waals surface area contributed by atoms with Crippen LogP contribution in [0.15, 0.2) is 12.1 Å². The normalized spacial score (nSPS) is 10.1. The molecule has 0 radical (unpaired) electrons. The summed E-state index contributed by atoms with van der Waals surface area (Å²) in [4.78, 5) is 10.8. The van der Waals surface area contributed by atoms with Crippen molar-refractivity contribution < 1.29 is 9.90 Å². The van der Waals surface area contributed by atoms with Crippen LogP contribution in [0, 0.1) is 6.92 Å². The Kier molecular flexibility index (Phi) is 3.33. The first-order chi connectivity index (χ1) is 6.07. The third kappa shape index (κ3) is 2.03. The molecule has 1 aromatic carbocycles. The first kappa shape index (κ1) is 10.5. The van der Waals surface area contributed by atoms with Crippen molar-refractivity contribution in [1.82, 2.24) is 0 Å². The van der Waals surface area contributed by atoms with Gasteiger partial charge in [-0.2, -0.15) is 0 Å². The van der Waals surface area contributed by atoms with E-state index in [-0.39, 0.29) is 5.56 Å². The molecule has 0 aliphatic rings. The van der Waals surface area contributed by atoms with Crippen molar-refractivity contribution in [3.8, 4) is 0 Å². The lowest BCUT2D eigenvalue weighted by molar-refractivity contribution is 0.0696. The maximum absolute atomic E-state index is 10.8. The van der Waals surface area contributed by atoms with Gasteiger partial charge >= 0.3 is 5.97 Å². The quantitative estimate of drug-likeness (QED) is 0.832. The number of rotatable bonds is 2. The van der Waals surface area contributed by atoms with E-state index < -0.39 is 5.97 Å². The average Bonchev–Trinajstić information content (AvgIpc) is 2.09. The highest BCUT2D eigenvalue weighted by Crippen LogP contribution is 2.26. The van der Waals surface area contributed by atoms with Crippen LogP contribution in [0.3, 0.4) is 0 Å². The van der Waals surface area contributed by atoms with Gasteiger partial charge in [0.25, 0.3) is 0 Å². The topological polar surface area (TPSA) is 37.3 Å². The zero-order valence-corrected chi connectivity index (χ0v) is 9.32. The first-order valence-electron chi connectivity index (χ1n) is 3.65. The average molecular weight is 264 g/mol. The molecule has 13 heavy (non-hydrogen) atoms. The van der Waals surface area contributed by atoms with Crippen LogP contribution in [0.1, 0.15) is 21.5 Å². The standard InChI is InChI=1S/C9H8BrClO2/c1-5-2-3-6(9(12)13)7(4-10)8(5)11/h2-3H,4H2,1H3,(H,12,13). The van der Waals surface area contributed by atoms with Gasteiger partial charge in [0.2, 0.25) is 0 Å². The predicted molar refractivity (Wildman–Crippen MR) is 55.8 cm³/mol. The van der Waals surface area contributed by atoms with Crippen molar-refractivity contribution in [1.29, 1.82) is 0 Å². The third-order valence-corrected chi connectivity index (χ3v) is 2.89. The van der Waals surface area contributed by atoms with Crippen molar-refractivity contribution in [2.24, 2.45) is 0 Å². The molecule has 1 rings (SSSR count). The van der Waals surface area contributed by atoms with Crippen molar-refractivity contribution in [2.45, 2.75) is 12.3 Å². The minimum absolute atomic E-state index is 0.257. The predicted octanol–water partition coefficient (Wildman–Crippen LogP) is 3.24. The Balaban J connectivity index is 3.38. The lowest BCUT2D eigenvalue weighted by Gasteiger charge is -2.07. The molecule has 0 spiro atoms. The molecule has 2 nitrogen and oxygen atoms in total. The second-order valence-electron chi connectivity index (χ2n) is 2.66. The van der Waals surface area contributed by atoms with Crippen LogP contribution in [-0.4, -0.2) is 11.1 Å². The van der Waals surface area contributed by atoms with Crippen LogP contribution in [0.4, 0.5) is 0 Å². The summed E-state index contributed by atoms with van der Waals surface area (Å²) >= 11 is 9.16. The Morgan fingerprint density at radius 3 is 2.69 bits per heavy atom. The number of aryl methyl sites for hydroxylation is 1. The van der Waals surface area contributed by atoms with Gasteiger partial charge in [-0.25, -0.2) is 4.79 Å². The zero-order valence-electron chi connectivity index (χ0n) is 6.97. The monoisotopic (exact) mass is 262 g/mol. The molecular weight excluding hydrogens is 255 g/mol. The molecule has 0 bridgehead atoms. The van der Waals surface area contributed by atoms with Crippen molar-refractivity contribution in [3.05, 3.63) is 33.8 Å². The van der Waals surface area contributed by atoms with E-state index in [1.807, 2.05) is 6.92 Å². The molecular formula is C9H8BrClO2. The van der Waals surface area contributed by atoms with Gasteiger partial charge in [-0.05, 0) is 24.1 Å². The lowest BCUT2D eigenvalue weighted by Crippen LogP contribution is -2.02. The smallest absolute Gasteiger partial charge is 0.336 e. The largest absolute Gasteiger partial charge is 0.478 e. The van der Waals surface area contributed by atoms with E-state index in [9.17, 15) is 4.79 Å². The Morgan fingerprint density at radius 1 is 1.62 bits per heavy atom. The number of benzene rings is 1. The van der Waals surface area contributed by atoms with Gasteiger partial charge < -0.3 is 5.11 Å². The molecule has 1 aromatic rings. The first-order valence-corrected chi connectivity index (χ1v) is 5.15. The Hall–Kier alpha value is -0.540. The van der Waals surface area contributed by atoms with Gasteiger partial charge in [-0.15, -0.1) is 0 Å². The van der Waals surface area contributed by atoms with E-state index in [2.05, 4.69) is 15.9 Å². The van der Waals surface area contributed by atoms with E-state index in [1.165, 1.54) is 0 Å². The van der Waals surface area contributed by atoms with Crippen LogP contribution in [0.5, 0.6) is 0 Å². The number of alkyl halides is 1. The molecule has 0 aromatic heterocycles. The van der Waals surface area contributed by atoms with E-state index in [0.717, 1.165) is 5.56 Å². The summed E-state index contributed by atoms with van der Waals surface area (Å²) in [6, 6.07) is 3.28. The molecule has 1 N–H and O–H groups in total. The summed E-state index contributed by atoms with van der Waals surface area (Å²) in [5, 5.41) is 9.81. The molecule has 70 valence electrons. The molecule has 4 heteroatoms. The summed E-state index contributed by atoms with van der Waals surface area (Å²) in [5.74, 6) is -0.948. The van der Waals surface area contributed by atoms with Gasteiger partial charge in [0.05, 0.1) is 5.56 Å². The summed E-state index contributed by atoms with van der Waals surface area (Å²) in [6.07, 6.45) is 0. The SMILES string of the molecule is Cc1ccc(C(=O)O)c(CBr)c1Cl. The number of hydrogen-bond donors (Lipinski definition) is 1. The van der Waals surface area contributed by atoms with Gasteiger partial charge in [0, 0.05) is 10.4 Å². The van der Waals surface area contributed by atoms with E-state index in [1.54, 1.807) is 12.1 Å². The molecule has 0 saturated heterocycles. The van der Waals surface area contributed by atoms with Gasteiger partial charge in [0.15, 0.2) is 0 Å². The van der Waals surface area contributed by atoms with Crippen LogP contribution in [-0.2, 0) is 5.33 Å². The van der Waals surface area contributed by atoms with E-state index in [4.69, 9.17) is 16.7 Å². The fourth-order valence-electron chi connectivity index (χ4n) is 1.07. The Labute approximate surface area is 89.7 Å². The number of hydrogen-bond acceptors (Lipinski definition) is 1. The maximum atomic E-state index is 10.8. The van der Waals surface area contributed by atoms with Gasteiger partial charge in [-0.1, -0.05) is 33.6 Å². The van der Waals surface area contributed by atoms with Crippen molar-refractivity contribution in [2.75, 3.05) is 0 Å². The van der Waals surface area contributed by atoms with Crippen LogP contribution >= 0.6 is 27.5 Å². The Bertz CT molecular complexity index is 350. The van der Waals surface area contributed by atoms with E-state index >= 15 is 0 Å². The summed E-state index contributed by atoms with van der Waals surface area (Å²) < 4.78 is 0. The highest BCUT2D eigenvalue weighted by Gasteiger charge is 2.13. The summed E-state index contributed by atoms with van der Waals surface area (Å²) in [6.45, 7) is 1.85. The lowest BCUT2D eigenvalue weighted by atomic mass is 10.1. The van der Waals surface area contributed by atoms with Crippen LogP contribution < -0.4 is 0 Å². The molecule has 0 unspecified atom stereocenters. The number of carboxylic acid groups (broad SMARTS) is 1. The zero-order chi connectivity index (χ0) is 10.0. The molecule has 0 aliphatic carbocycles. The van der Waals surface area contributed by atoms with Crippen molar-refractivity contribution in [3.63, 3.8) is 0 Å². The molecule has 0 aliphatic heterocycles. The fourth-order valence-corrected chi connectivity index (χ4v) is 2.04. The number of carbonyl (C=O) groups is 1. The van der Waals surface area contributed by atoms with Crippen molar-refractivity contribution >= 4 is 33.5 Å². The summed E-state index contributed by atoms with van der Waals surface area (Å²) in [5.41, 5.74) is 1.78. The fraction of sp³-hybridized carbons (Fsp3) is 0.222. The van der Waals surface area contributed by atoms with Crippen LogP contribution in [0.25, 0.3) is 0 Å². The number of carboxylic acids is 1.